The second-order valence-electron chi connectivity index (χ2n) is 5.59. The van der Waals surface area contributed by atoms with E-state index >= 15 is 0 Å². The van der Waals surface area contributed by atoms with Crippen LogP contribution in [0.4, 0.5) is 0 Å². The van der Waals surface area contributed by atoms with Crippen molar-refractivity contribution in [1.82, 2.24) is 0 Å². The molecule has 1 unspecified atom stereocenters. The molecular formula is C13H24NO+. The maximum Gasteiger partial charge on any atom is 0.147 e. The Bertz CT molecular complexity index is 233. The lowest BCUT2D eigenvalue weighted by atomic mass is 9.87. The molecule has 2 nitrogen and oxygen atoms in total. The maximum absolute atomic E-state index is 11.6. The maximum atomic E-state index is 11.6. The molecule has 1 aliphatic heterocycles. The standard InChI is InChI=1S/C13H23NO/c1-10-9-14(11(2)8-13(10)15)12-6-4-3-5-7-12/h10-12H,3-9H2,1-2H3/p+1/t10-,11+/m0/s1. The first-order valence-electron chi connectivity index (χ1n) is 6.56. The monoisotopic (exact) mass is 210 g/mol. The summed E-state index contributed by atoms with van der Waals surface area (Å²) in [7, 11) is 0. The molecule has 0 aromatic heterocycles. The smallest absolute Gasteiger partial charge is 0.147 e. The second kappa shape index (κ2) is 4.65. The van der Waals surface area contributed by atoms with Gasteiger partial charge < -0.3 is 4.90 Å². The molecule has 15 heavy (non-hydrogen) atoms. The first-order valence-corrected chi connectivity index (χ1v) is 6.56. The van der Waals surface area contributed by atoms with E-state index in [1.807, 2.05) is 0 Å². The van der Waals surface area contributed by atoms with Crippen molar-refractivity contribution in [3.8, 4) is 0 Å². The minimum Gasteiger partial charge on any atom is -0.329 e. The molecule has 0 aromatic carbocycles. The van der Waals surface area contributed by atoms with Gasteiger partial charge in [-0.15, -0.1) is 0 Å². The minimum atomic E-state index is 0.304. The third kappa shape index (κ3) is 2.41. The van der Waals surface area contributed by atoms with Crippen LogP contribution >= 0.6 is 0 Å². The molecule has 0 bridgehead atoms. The Morgan fingerprint density at radius 1 is 1.13 bits per heavy atom. The van der Waals surface area contributed by atoms with Crippen LogP contribution < -0.4 is 4.90 Å². The van der Waals surface area contributed by atoms with Crippen LogP contribution in [0.25, 0.3) is 0 Å². The van der Waals surface area contributed by atoms with Gasteiger partial charge in [-0.1, -0.05) is 13.3 Å². The number of hydrogen-bond donors (Lipinski definition) is 1. The van der Waals surface area contributed by atoms with Gasteiger partial charge in [0.2, 0.25) is 0 Å². The number of hydrogen-bond acceptors (Lipinski definition) is 1. The predicted octanol–water partition coefficient (Wildman–Crippen LogP) is 1.20. The highest BCUT2D eigenvalue weighted by Gasteiger charge is 2.37. The molecule has 1 N–H and O–H groups in total. The van der Waals surface area contributed by atoms with Crippen LogP contribution in [0, 0.1) is 5.92 Å². The van der Waals surface area contributed by atoms with Crippen LogP contribution in [-0.2, 0) is 4.79 Å². The lowest BCUT2D eigenvalue weighted by Gasteiger charge is -2.39. The fourth-order valence-electron chi connectivity index (χ4n) is 3.35. The highest BCUT2D eigenvalue weighted by Crippen LogP contribution is 2.17. The van der Waals surface area contributed by atoms with E-state index in [1.165, 1.54) is 32.1 Å². The fraction of sp³-hybridized carbons (Fsp3) is 0.923. The number of nitrogens with one attached hydrogen (secondary N) is 1. The molecule has 1 saturated carbocycles. The van der Waals surface area contributed by atoms with Crippen molar-refractivity contribution in [1.29, 1.82) is 0 Å². The van der Waals surface area contributed by atoms with Crippen LogP contribution in [-0.4, -0.2) is 24.4 Å². The molecule has 2 fully saturated rings. The minimum absolute atomic E-state index is 0.304. The lowest BCUT2D eigenvalue weighted by molar-refractivity contribution is -0.953. The number of ketones is 1. The Kier molecular flexibility index (Phi) is 3.45. The number of carbonyl (C=O) groups is 1. The molecule has 86 valence electrons. The fourth-order valence-corrected chi connectivity index (χ4v) is 3.35. The number of rotatable bonds is 1. The quantitative estimate of drug-likeness (QED) is 0.690. The number of likely N-dealkylation sites (tertiary alicyclic amines) is 1. The van der Waals surface area contributed by atoms with E-state index < -0.39 is 0 Å². The summed E-state index contributed by atoms with van der Waals surface area (Å²) in [4.78, 5) is 13.3. The molecule has 0 amide bonds. The number of Topliss-reactive ketones (excluding diaryl/α,β-unsaturated/α-hetero) is 1. The molecular weight excluding hydrogens is 186 g/mol. The highest BCUT2D eigenvalue weighted by molar-refractivity contribution is 5.81. The Morgan fingerprint density at radius 3 is 2.47 bits per heavy atom. The van der Waals surface area contributed by atoms with Crippen LogP contribution in [0.3, 0.4) is 0 Å². The van der Waals surface area contributed by atoms with E-state index in [4.69, 9.17) is 0 Å². The summed E-state index contributed by atoms with van der Waals surface area (Å²) in [5.74, 6) is 0.792. The van der Waals surface area contributed by atoms with Crippen molar-refractivity contribution in [3.63, 3.8) is 0 Å². The molecule has 0 radical (unpaired) electrons. The van der Waals surface area contributed by atoms with E-state index in [0.717, 1.165) is 19.0 Å². The summed E-state index contributed by atoms with van der Waals surface area (Å²) in [5, 5.41) is 0. The van der Waals surface area contributed by atoms with E-state index in [9.17, 15) is 4.79 Å². The van der Waals surface area contributed by atoms with Gasteiger partial charge in [-0.3, -0.25) is 4.79 Å². The van der Waals surface area contributed by atoms with Crippen molar-refractivity contribution in [3.05, 3.63) is 0 Å². The molecule has 0 spiro atoms. The number of carbonyl (C=O) groups excluding carboxylic acids is 1. The lowest BCUT2D eigenvalue weighted by Crippen LogP contribution is -3.20. The van der Waals surface area contributed by atoms with E-state index in [2.05, 4.69) is 13.8 Å². The van der Waals surface area contributed by atoms with E-state index in [0.29, 0.717) is 17.7 Å². The average Bonchev–Trinajstić information content (AvgIpc) is 2.25. The third-order valence-electron chi connectivity index (χ3n) is 4.36. The zero-order chi connectivity index (χ0) is 10.8. The first kappa shape index (κ1) is 11.1. The Hall–Kier alpha value is -0.370. The van der Waals surface area contributed by atoms with Crippen molar-refractivity contribution in [2.24, 2.45) is 5.92 Å². The van der Waals surface area contributed by atoms with Crippen molar-refractivity contribution in [2.75, 3.05) is 6.54 Å². The van der Waals surface area contributed by atoms with Gasteiger partial charge in [0.1, 0.15) is 5.78 Å². The summed E-state index contributed by atoms with van der Waals surface area (Å²) in [5.41, 5.74) is 0. The zero-order valence-corrected chi connectivity index (χ0v) is 10.1. The molecule has 0 aromatic rings. The van der Waals surface area contributed by atoms with Crippen molar-refractivity contribution < 1.29 is 9.69 Å². The van der Waals surface area contributed by atoms with Gasteiger partial charge >= 0.3 is 0 Å². The van der Waals surface area contributed by atoms with Gasteiger partial charge in [0.05, 0.1) is 31.0 Å². The van der Waals surface area contributed by atoms with Gasteiger partial charge in [0.15, 0.2) is 0 Å². The molecule has 1 saturated heterocycles. The van der Waals surface area contributed by atoms with Crippen molar-refractivity contribution in [2.45, 2.75) is 64.5 Å². The summed E-state index contributed by atoms with van der Waals surface area (Å²) in [6, 6.07) is 1.42. The molecule has 3 atom stereocenters. The van der Waals surface area contributed by atoms with Gasteiger partial charge in [-0.05, 0) is 32.6 Å². The van der Waals surface area contributed by atoms with Crippen LogP contribution in [0.15, 0.2) is 0 Å². The highest BCUT2D eigenvalue weighted by atomic mass is 16.1. The van der Waals surface area contributed by atoms with Gasteiger partial charge in [-0.25, -0.2) is 0 Å². The first-order chi connectivity index (χ1) is 7.18. The van der Waals surface area contributed by atoms with Crippen LogP contribution in [0.5, 0.6) is 0 Å². The van der Waals surface area contributed by atoms with Crippen LogP contribution in [0.2, 0.25) is 0 Å². The number of quaternary nitrogens is 1. The molecule has 2 rings (SSSR count). The Balaban J connectivity index is 1.98. The molecule has 1 aliphatic carbocycles. The van der Waals surface area contributed by atoms with E-state index in [-0.39, 0.29) is 0 Å². The van der Waals surface area contributed by atoms with Gasteiger partial charge in [0.25, 0.3) is 0 Å². The second-order valence-corrected chi connectivity index (χ2v) is 5.59. The molecule has 2 aliphatic rings. The van der Waals surface area contributed by atoms with Crippen LogP contribution in [0.1, 0.15) is 52.4 Å². The Morgan fingerprint density at radius 2 is 1.80 bits per heavy atom. The molecule has 1 heterocycles. The normalized spacial score (nSPS) is 39.3. The van der Waals surface area contributed by atoms with Gasteiger partial charge in [0, 0.05) is 0 Å². The van der Waals surface area contributed by atoms with Gasteiger partial charge in [-0.2, -0.15) is 0 Å². The SMILES string of the molecule is C[C@@H]1CC(=O)[C@@H](C)C[NH+]1C1CCCCC1. The summed E-state index contributed by atoms with van der Waals surface area (Å²) < 4.78 is 0. The summed E-state index contributed by atoms with van der Waals surface area (Å²) >= 11 is 0. The largest absolute Gasteiger partial charge is 0.329 e. The van der Waals surface area contributed by atoms with Crippen molar-refractivity contribution >= 4 is 5.78 Å². The predicted molar refractivity (Wildman–Crippen MR) is 61.0 cm³/mol. The summed E-state index contributed by atoms with van der Waals surface area (Å²) in [6.07, 6.45) is 7.83. The third-order valence-corrected chi connectivity index (χ3v) is 4.36. The Labute approximate surface area is 93.0 Å². The number of piperidine rings is 1. The molecule has 2 heteroatoms. The zero-order valence-electron chi connectivity index (χ0n) is 10.1. The topological polar surface area (TPSA) is 21.5 Å². The summed E-state index contributed by atoms with van der Waals surface area (Å²) in [6.45, 7) is 5.45. The average molecular weight is 210 g/mol. The van der Waals surface area contributed by atoms with E-state index in [1.54, 1.807) is 4.90 Å².